The van der Waals surface area contributed by atoms with E-state index in [-0.39, 0.29) is 0 Å². The highest BCUT2D eigenvalue weighted by molar-refractivity contribution is 14.1. The molecule has 1 aromatic heterocycles. The van der Waals surface area contributed by atoms with Crippen molar-refractivity contribution in [3.05, 3.63) is 51.5 Å². The van der Waals surface area contributed by atoms with E-state index in [1.165, 1.54) is 0 Å². The van der Waals surface area contributed by atoms with Crippen molar-refractivity contribution in [3.8, 4) is 5.75 Å². The Balaban J connectivity index is 1.95. The van der Waals surface area contributed by atoms with Crippen LogP contribution in [0.25, 0.3) is 0 Å². The first-order valence-corrected chi connectivity index (χ1v) is 7.02. The summed E-state index contributed by atoms with van der Waals surface area (Å²) in [7, 11) is 0. The quantitative estimate of drug-likeness (QED) is 0.803. The van der Waals surface area contributed by atoms with Gasteiger partial charge < -0.3 is 14.5 Å². The number of halogens is 1. The average molecular weight is 357 g/mol. The molecule has 0 aliphatic carbocycles. The molecule has 0 fully saturated rings. The number of hydrogen-bond donors (Lipinski definition) is 1. The number of rotatable bonds is 6. The van der Waals surface area contributed by atoms with Crippen LogP contribution in [0.3, 0.4) is 0 Å². The van der Waals surface area contributed by atoms with Crippen LogP contribution in [0, 0.1) is 3.57 Å². The zero-order valence-corrected chi connectivity index (χ0v) is 12.4. The molecule has 0 saturated carbocycles. The van der Waals surface area contributed by atoms with Crippen LogP contribution in [-0.4, -0.2) is 6.54 Å². The summed E-state index contributed by atoms with van der Waals surface area (Å²) in [4.78, 5) is 0. The molecule has 0 spiro atoms. The van der Waals surface area contributed by atoms with Crippen LogP contribution in [0.5, 0.6) is 5.75 Å². The molecule has 1 N–H and O–H groups in total. The van der Waals surface area contributed by atoms with Crippen molar-refractivity contribution >= 4 is 22.6 Å². The van der Waals surface area contributed by atoms with Crippen LogP contribution in [0.1, 0.15) is 18.2 Å². The van der Waals surface area contributed by atoms with E-state index in [0.717, 1.165) is 33.7 Å². The lowest BCUT2D eigenvalue weighted by Gasteiger charge is -2.07. The van der Waals surface area contributed by atoms with Crippen molar-refractivity contribution in [2.75, 3.05) is 6.54 Å². The largest absolute Gasteiger partial charge is 0.486 e. The highest BCUT2D eigenvalue weighted by atomic mass is 127. The van der Waals surface area contributed by atoms with Gasteiger partial charge >= 0.3 is 0 Å². The predicted octanol–water partition coefficient (Wildman–Crippen LogP) is 3.57. The van der Waals surface area contributed by atoms with Crippen LogP contribution in [0.15, 0.2) is 41.0 Å². The molecule has 0 saturated heterocycles. The summed E-state index contributed by atoms with van der Waals surface area (Å²) < 4.78 is 12.3. The van der Waals surface area contributed by atoms with Crippen molar-refractivity contribution < 1.29 is 9.15 Å². The molecule has 4 heteroatoms. The molecule has 0 atom stereocenters. The second kappa shape index (κ2) is 6.80. The second-order valence-electron chi connectivity index (χ2n) is 3.90. The van der Waals surface area contributed by atoms with Crippen LogP contribution in [-0.2, 0) is 13.2 Å². The van der Waals surface area contributed by atoms with Crippen molar-refractivity contribution in [1.82, 2.24) is 5.32 Å². The Labute approximate surface area is 121 Å². The van der Waals surface area contributed by atoms with E-state index < -0.39 is 0 Å². The Morgan fingerprint density at radius 3 is 3.00 bits per heavy atom. The highest BCUT2D eigenvalue weighted by Crippen LogP contribution is 2.18. The maximum atomic E-state index is 5.73. The Hall–Kier alpha value is -1.01. The number of benzene rings is 1. The Morgan fingerprint density at radius 2 is 2.22 bits per heavy atom. The Kier molecular flexibility index (Phi) is 5.07. The third-order valence-corrected chi connectivity index (χ3v) is 3.24. The lowest BCUT2D eigenvalue weighted by molar-refractivity contribution is 0.268. The van der Waals surface area contributed by atoms with E-state index in [1.807, 2.05) is 30.3 Å². The van der Waals surface area contributed by atoms with E-state index in [4.69, 9.17) is 9.15 Å². The van der Waals surface area contributed by atoms with Gasteiger partial charge in [0, 0.05) is 15.7 Å². The Morgan fingerprint density at radius 1 is 1.33 bits per heavy atom. The normalized spacial score (nSPS) is 10.6. The first kappa shape index (κ1) is 13.4. The first-order chi connectivity index (χ1) is 8.79. The second-order valence-corrected chi connectivity index (χ2v) is 5.14. The summed E-state index contributed by atoms with van der Waals surface area (Å²) >= 11 is 2.27. The fourth-order valence-electron chi connectivity index (χ4n) is 1.62. The number of furan rings is 1. The van der Waals surface area contributed by atoms with Crippen LogP contribution in [0.2, 0.25) is 0 Å². The summed E-state index contributed by atoms with van der Waals surface area (Å²) in [5.41, 5.74) is 1.16. The van der Waals surface area contributed by atoms with Crippen molar-refractivity contribution in [3.63, 3.8) is 0 Å². The fraction of sp³-hybridized carbons (Fsp3) is 0.286. The van der Waals surface area contributed by atoms with Gasteiger partial charge in [0.1, 0.15) is 18.1 Å². The van der Waals surface area contributed by atoms with Crippen LogP contribution >= 0.6 is 22.6 Å². The maximum absolute atomic E-state index is 5.73. The van der Waals surface area contributed by atoms with Crippen molar-refractivity contribution in [2.45, 2.75) is 20.1 Å². The summed E-state index contributed by atoms with van der Waals surface area (Å²) in [6, 6.07) is 9.97. The number of nitrogens with one attached hydrogen (secondary N) is 1. The van der Waals surface area contributed by atoms with Gasteiger partial charge in [-0.25, -0.2) is 0 Å². The minimum absolute atomic E-state index is 0.466. The smallest absolute Gasteiger partial charge is 0.146 e. The van der Waals surface area contributed by atoms with Gasteiger partial charge in [-0.3, -0.25) is 0 Å². The van der Waals surface area contributed by atoms with Gasteiger partial charge in [0.2, 0.25) is 0 Å². The minimum atomic E-state index is 0.466. The zero-order chi connectivity index (χ0) is 12.8. The molecule has 0 aliphatic heterocycles. The molecule has 2 rings (SSSR count). The van der Waals surface area contributed by atoms with Gasteiger partial charge in [-0.2, -0.15) is 0 Å². The monoisotopic (exact) mass is 357 g/mol. The molecule has 18 heavy (non-hydrogen) atoms. The maximum Gasteiger partial charge on any atom is 0.146 e. The average Bonchev–Trinajstić information content (AvgIpc) is 2.81. The van der Waals surface area contributed by atoms with Crippen molar-refractivity contribution in [2.24, 2.45) is 0 Å². The molecular formula is C14H16INO2. The molecule has 3 nitrogen and oxygen atoms in total. The summed E-state index contributed by atoms with van der Waals surface area (Å²) in [6.07, 6.45) is 1.71. The van der Waals surface area contributed by atoms with Gasteiger partial charge in [-0.05, 0) is 53.4 Å². The standard InChI is InChI=1S/C14H16INO2/c1-2-16-9-11-6-7-17-14(11)10-18-13-5-3-4-12(15)8-13/h3-8,16H,2,9-10H2,1H3. The van der Waals surface area contributed by atoms with Gasteiger partial charge in [-0.1, -0.05) is 13.0 Å². The van der Waals surface area contributed by atoms with Gasteiger partial charge in [-0.15, -0.1) is 0 Å². The van der Waals surface area contributed by atoms with E-state index >= 15 is 0 Å². The van der Waals surface area contributed by atoms with Gasteiger partial charge in [0.25, 0.3) is 0 Å². The minimum Gasteiger partial charge on any atom is -0.486 e. The predicted molar refractivity (Wildman–Crippen MR) is 79.6 cm³/mol. The molecule has 0 amide bonds. The zero-order valence-electron chi connectivity index (χ0n) is 10.3. The highest BCUT2D eigenvalue weighted by Gasteiger charge is 2.06. The molecule has 0 aliphatic rings. The third-order valence-electron chi connectivity index (χ3n) is 2.57. The Bertz CT molecular complexity index is 496. The van der Waals surface area contributed by atoms with E-state index in [9.17, 15) is 0 Å². The van der Waals surface area contributed by atoms with E-state index in [0.29, 0.717) is 6.61 Å². The van der Waals surface area contributed by atoms with Crippen LogP contribution in [0.4, 0.5) is 0 Å². The molecule has 0 radical (unpaired) electrons. The number of hydrogen-bond acceptors (Lipinski definition) is 3. The third kappa shape index (κ3) is 3.74. The summed E-state index contributed by atoms with van der Waals surface area (Å²) in [5.74, 6) is 1.75. The van der Waals surface area contributed by atoms with Crippen molar-refractivity contribution in [1.29, 1.82) is 0 Å². The SMILES string of the molecule is CCNCc1ccoc1COc1cccc(I)c1. The van der Waals surface area contributed by atoms with E-state index in [2.05, 4.69) is 34.8 Å². The van der Waals surface area contributed by atoms with Crippen LogP contribution < -0.4 is 10.1 Å². The molecule has 2 aromatic rings. The molecule has 0 unspecified atom stereocenters. The summed E-state index contributed by atoms with van der Waals surface area (Å²) in [5, 5.41) is 3.28. The van der Waals surface area contributed by atoms with Gasteiger partial charge in [0.05, 0.1) is 6.26 Å². The number of ether oxygens (including phenoxy) is 1. The first-order valence-electron chi connectivity index (χ1n) is 5.94. The molecule has 1 heterocycles. The van der Waals surface area contributed by atoms with Gasteiger partial charge in [0.15, 0.2) is 0 Å². The molecule has 1 aromatic carbocycles. The lowest BCUT2D eigenvalue weighted by Crippen LogP contribution is -2.12. The molecule has 96 valence electrons. The molecule has 0 bridgehead atoms. The topological polar surface area (TPSA) is 34.4 Å². The lowest BCUT2D eigenvalue weighted by atomic mass is 10.2. The fourth-order valence-corrected chi connectivity index (χ4v) is 2.13. The molecular weight excluding hydrogens is 341 g/mol. The summed E-state index contributed by atoms with van der Waals surface area (Å²) in [6.45, 7) is 4.32. The van der Waals surface area contributed by atoms with E-state index in [1.54, 1.807) is 6.26 Å².